The van der Waals surface area contributed by atoms with Crippen LogP contribution in [0, 0.1) is 13.8 Å². The van der Waals surface area contributed by atoms with Crippen molar-refractivity contribution in [2.75, 3.05) is 13.7 Å². The van der Waals surface area contributed by atoms with Crippen molar-refractivity contribution in [3.05, 3.63) is 58.6 Å². The summed E-state index contributed by atoms with van der Waals surface area (Å²) in [5.41, 5.74) is 1.33. The number of hydrogen-bond acceptors (Lipinski definition) is 5. The van der Waals surface area contributed by atoms with E-state index in [2.05, 4.69) is 0 Å². The van der Waals surface area contributed by atoms with E-state index in [0.717, 1.165) is 18.4 Å². The van der Waals surface area contributed by atoms with Crippen LogP contribution in [0.5, 0.6) is 5.75 Å². The van der Waals surface area contributed by atoms with Gasteiger partial charge in [-0.1, -0.05) is 13.3 Å². The summed E-state index contributed by atoms with van der Waals surface area (Å²) in [6.07, 6.45) is 1.63. The number of Topliss-reactive ketones (excluding diaryl/α,β-unsaturated/α-hetero) is 1. The molecule has 0 aliphatic carbocycles. The van der Waals surface area contributed by atoms with E-state index >= 15 is 0 Å². The number of carbonyl (C=O) groups excluding carboxylic acids is 2. The molecule has 1 aromatic heterocycles. The lowest BCUT2D eigenvalue weighted by molar-refractivity contribution is -0.140. The molecule has 6 heteroatoms. The number of carbonyl (C=O) groups is 2. The molecule has 1 aromatic carbocycles. The second-order valence-electron chi connectivity index (χ2n) is 6.98. The molecule has 0 spiro atoms. The highest BCUT2D eigenvalue weighted by Gasteiger charge is 2.47. The Bertz CT molecular complexity index is 940. The zero-order chi connectivity index (χ0) is 20.4. The SMILES string of the molecule is CCCCN1C(=O)C(=O)/C(=C(\O)c2ccc(OC)c(C)c2)C1c1ccc(C)o1. The Balaban J connectivity index is 2.14. The zero-order valence-corrected chi connectivity index (χ0v) is 16.6. The number of furan rings is 1. The topological polar surface area (TPSA) is 80.0 Å². The van der Waals surface area contributed by atoms with Gasteiger partial charge >= 0.3 is 0 Å². The Labute approximate surface area is 164 Å². The summed E-state index contributed by atoms with van der Waals surface area (Å²) in [5.74, 6) is 0.316. The monoisotopic (exact) mass is 383 g/mol. The molecule has 2 aromatic rings. The van der Waals surface area contributed by atoms with Crippen molar-refractivity contribution < 1.29 is 23.8 Å². The first-order valence-corrected chi connectivity index (χ1v) is 9.38. The number of hydrogen-bond donors (Lipinski definition) is 1. The minimum absolute atomic E-state index is 0.0556. The van der Waals surface area contributed by atoms with Crippen LogP contribution >= 0.6 is 0 Å². The van der Waals surface area contributed by atoms with Crippen molar-refractivity contribution in [1.82, 2.24) is 4.90 Å². The number of unbranched alkanes of at least 4 members (excludes halogenated alkanes) is 1. The van der Waals surface area contributed by atoms with Gasteiger partial charge in [0.05, 0.1) is 12.7 Å². The Morgan fingerprint density at radius 3 is 2.54 bits per heavy atom. The summed E-state index contributed by atoms with van der Waals surface area (Å²) < 4.78 is 11.0. The van der Waals surface area contributed by atoms with E-state index in [1.807, 2.05) is 13.8 Å². The first-order chi connectivity index (χ1) is 13.4. The van der Waals surface area contributed by atoms with E-state index in [1.165, 1.54) is 4.90 Å². The molecule has 1 saturated heterocycles. The molecule has 1 amide bonds. The number of aryl methyl sites for hydroxylation is 2. The maximum absolute atomic E-state index is 12.8. The molecular weight excluding hydrogens is 358 g/mol. The molecule has 1 aliphatic rings. The van der Waals surface area contributed by atoms with Crippen molar-refractivity contribution in [3.8, 4) is 5.75 Å². The number of amides is 1. The number of likely N-dealkylation sites (tertiary alicyclic amines) is 1. The molecule has 3 rings (SSSR count). The fraction of sp³-hybridized carbons (Fsp3) is 0.364. The van der Waals surface area contributed by atoms with Crippen molar-refractivity contribution in [2.45, 2.75) is 39.7 Å². The van der Waals surface area contributed by atoms with Gasteiger partial charge in [-0.05, 0) is 56.2 Å². The summed E-state index contributed by atoms with van der Waals surface area (Å²) in [5, 5.41) is 11.0. The molecular formula is C22H25NO5. The van der Waals surface area contributed by atoms with Gasteiger partial charge in [-0.3, -0.25) is 9.59 Å². The highest BCUT2D eigenvalue weighted by molar-refractivity contribution is 6.46. The van der Waals surface area contributed by atoms with Gasteiger partial charge in [-0.15, -0.1) is 0 Å². The van der Waals surface area contributed by atoms with Crippen LogP contribution in [0.1, 0.15) is 48.5 Å². The maximum Gasteiger partial charge on any atom is 0.295 e. The molecule has 6 nitrogen and oxygen atoms in total. The zero-order valence-electron chi connectivity index (χ0n) is 16.6. The fourth-order valence-electron chi connectivity index (χ4n) is 3.52. The highest BCUT2D eigenvalue weighted by Crippen LogP contribution is 2.40. The van der Waals surface area contributed by atoms with Crippen molar-refractivity contribution in [2.24, 2.45) is 0 Å². The van der Waals surface area contributed by atoms with Crippen LogP contribution < -0.4 is 4.74 Å². The number of ketones is 1. The van der Waals surface area contributed by atoms with Crippen LogP contribution in [0.2, 0.25) is 0 Å². The Hall–Kier alpha value is -3.02. The molecule has 1 N–H and O–H groups in total. The molecule has 148 valence electrons. The van der Waals surface area contributed by atoms with Crippen LogP contribution in [-0.4, -0.2) is 35.4 Å². The number of rotatable bonds is 6. The van der Waals surface area contributed by atoms with Crippen molar-refractivity contribution in [3.63, 3.8) is 0 Å². The third kappa shape index (κ3) is 3.42. The summed E-state index contributed by atoms with van der Waals surface area (Å²) in [4.78, 5) is 27.0. The number of aliphatic hydroxyl groups excluding tert-OH is 1. The van der Waals surface area contributed by atoms with Gasteiger partial charge < -0.3 is 19.2 Å². The van der Waals surface area contributed by atoms with Gasteiger partial charge in [-0.2, -0.15) is 0 Å². The lowest BCUT2D eigenvalue weighted by atomic mass is 9.98. The second-order valence-corrected chi connectivity index (χ2v) is 6.98. The fourth-order valence-corrected chi connectivity index (χ4v) is 3.52. The average molecular weight is 383 g/mol. The molecule has 1 unspecified atom stereocenters. The van der Waals surface area contributed by atoms with E-state index in [9.17, 15) is 14.7 Å². The smallest absolute Gasteiger partial charge is 0.295 e. The second kappa shape index (κ2) is 7.92. The van der Waals surface area contributed by atoms with Crippen LogP contribution in [0.4, 0.5) is 0 Å². The number of benzene rings is 1. The maximum atomic E-state index is 12.8. The molecule has 0 saturated carbocycles. The number of aliphatic hydroxyl groups is 1. The largest absolute Gasteiger partial charge is 0.507 e. The van der Waals surface area contributed by atoms with Crippen LogP contribution in [0.25, 0.3) is 5.76 Å². The lowest BCUT2D eigenvalue weighted by Gasteiger charge is -2.23. The molecule has 1 atom stereocenters. The molecule has 2 heterocycles. The number of ether oxygens (including phenoxy) is 1. The van der Waals surface area contributed by atoms with Gasteiger partial charge in [0.25, 0.3) is 11.7 Å². The number of nitrogens with zero attached hydrogens (tertiary/aromatic N) is 1. The van der Waals surface area contributed by atoms with E-state index in [4.69, 9.17) is 9.15 Å². The van der Waals surface area contributed by atoms with Gasteiger partial charge in [0.1, 0.15) is 29.1 Å². The first-order valence-electron chi connectivity index (χ1n) is 9.38. The summed E-state index contributed by atoms with van der Waals surface area (Å²) >= 11 is 0. The van der Waals surface area contributed by atoms with Crippen LogP contribution in [0.15, 0.2) is 40.3 Å². The van der Waals surface area contributed by atoms with Gasteiger partial charge in [0, 0.05) is 12.1 Å². The highest BCUT2D eigenvalue weighted by atomic mass is 16.5. The third-order valence-corrected chi connectivity index (χ3v) is 4.99. The van der Waals surface area contributed by atoms with Crippen molar-refractivity contribution >= 4 is 17.4 Å². The summed E-state index contributed by atoms with van der Waals surface area (Å²) in [6.45, 7) is 6.09. The summed E-state index contributed by atoms with van der Waals surface area (Å²) in [6, 6.07) is 7.93. The molecule has 1 aliphatic heterocycles. The third-order valence-electron chi connectivity index (χ3n) is 4.99. The van der Waals surface area contributed by atoms with Gasteiger partial charge in [0.2, 0.25) is 0 Å². The Morgan fingerprint density at radius 1 is 1.21 bits per heavy atom. The predicted molar refractivity (Wildman–Crippen MR) is 105 cm³/mol. The summed E-state index contributed by atoms with van der Waals surface area (Å²) in [7, 11) is 1.57. The van der Waals surface area contributed by atoms with E-state index in [1.54, 1.807) is 44.4 Å². The lowest BCUT2D eigenvalue weighted by Crippen LogP contribution is -2.30. The van der Waals surface area contributed by atoms with E-state index in [-0.39, 0.29) is 11.3 Å². The normalized spacial score (nSPS) is 18.7. The molecule has 1 fully saturated rings. The van der Waals surface area contributed by atoms with E-state index in [0.29, 0.717) is 29.4 Å². The predicted octanol–water partition coefficient (Wildman–Crippen LogP) is 4.13. The standard InChI is InChI=1S/C22H25NO5/c1-5-6-11-23-19(17-9-7-14(3)28-17)18(21(25)22(23)26)20(24)15-8-10-16(27-4)13(2)12-15/h7-10,12,19,24H,5-6,11H2,1-4H3/b20-18-. The minimum Gasteiger partial charge on any atom is -0.507 e. The number of methoxy groups -OCH3 is 1. The Morgan fingerprint density at radius 2 is 1.96 bits per heavy atom. The first kappa shape index (κ1) is 19.7. The molecule has 28 heavy (non-hydrogen) atoms. The van der Waals surface area contributed by atoms with Gasteiger partial charge in [-0.25, -0.2) is 0 Å². The quantitative estimate of drug-likeness (QED) is 0.461. The average Bonchev–Trinajstić information content (AvgIpc) is 3.21. The van der Waals surface area contributed by atoms with Crippen molar-refractivity contribution in [1.29, 1.82) is 0 Å². The van der Waals surface area contributed by atoms with Gasteiger partial charge in [0.15, 0.2) is 0 Å². The molecule has 0 bridgehead atoms. The van der Waals surface area contributed by atoms with Crippen LogP contribution in [0.3, 0.4) is 0 Å². The minimum atomic E-state index is -0.734. The molecule has 0 radical (unpaired) electrons. The van der Waals surface area contributed by atoms with Crippen LogP contribution in [-0.2, 0) is 9.59 Å². The Kier molecular flexibility index (Phi) is 5.58. The van der Waals surface area contributed by atoms with E-state index < -0.39 is 17.7 Å².